The van der Waals surface area contributed by atoms with Gasteiger partial charge >= 0.3 is 5.97 Å². The van der Waals surface area contributed by atoms with Gasteiger partial charge in [-0.05, 0) is 35.7 Å². The predicted molar refractivity (Wildman–Crippen MR) is 57.4 cm³/mol. The molecule has 78 valence electrons. The average molecular weight is 213 g/mol. The van der Waals surface area contributed by atoms with Gasteiger partial charge in [0.05, 0.1) is 7.11 Å². The molecule has 3 nitrogen and oxygen atoms in total. The molecule has 0 aromatic carbocycles. The molecule has 0 aliphatic heterocycles. The summed E-state index contributed by atoms with van der Waals surface area (Å²) in [6.07, 6.45) is 0. The highest BCUT2D eigenvalue weighted by molar-refractivity contribution is 7.08. The molecule has 0 saturated carbocycles. The zero-order valence-corrected chi connectivity index (χ0v) is 9.48. The van der Waals surface area contributed by atoms with Gasteiger partial charge in [-0.2, -0.15) is 11.3 Å². The fourth-order valence-electron chi connectivity index (χ4n) is 1.09. The third-order valence-electron chi connectivity index (χ3n) is 2.12. The summed E-state index contributed by atoms with van der Waals surface area (Å²) < 4.78 is 4.61. The fraction of sp³-hybridized carbons (Fsp3) is 0.500. The summed E-state index contributed by atoms with van der Waals surface area (Å²) in [5, 5.41) is 7.30. The number of ether oxygens (including phenoxy) is 1. The van der Waals surface area contributed by atoms with Gasteiger partial charge in [-0.25, -0.2) is 0 Å². The first-order chi connectivity index (χ1) is 6.65. The van der Waals surface area contributed by atoms with Gasteiger partial charge in [0.1, 0.15) is 6.04 Å². The van der Waals surface area contributed by atoms with E-state index < -0.39 is 0 Å². The minimum Gasteiger partial charge on any atom is -0.468 e. The molecule has 1 unspecified atom stereocenters. The van der Waals surface area contributed by atoms with Crippen LogP contribution in [0.2, 0.25) is 0 Å². The number of aryl methyl sites for hydroxylation is 1. The predicted octanol–water partition coefficient (Wildman–Crippen LogP) is 1.71. The van der Waals surface area contributed by atoms with Crippen LogP contribution in [0.4, 0.5) is 0 Å². The molecule has 0 saturated heterocycles. The number of carbonyl (C=O) groups excluding carboxylic acids is 1. The Bertz CT molecular complexity index is 309. The smallest absolute Gasteiger partial charge is 0.322 e. The van der Waals surface area contributed by atoms with Gasteiger partial charge in [-0.1, -0.05) is 0 Å². The van der Waals surface area contributed by atoms with Crippen LogP contribution in [-0.4, -0.2) is 19.1 Å². The van der Waals surface area contributed by atoms with Crippen molar-refractivity contribution in [3.8, 4) is 0 Å². The minimum atomic E-state index is -0.251. The molecule has 4 heteroatoms. The van der Waals surface area contributed by atoms with Crippen molar-refractivity contribution in [1.82, 2.24) is 5.32 Å². The molecule has 0 radical (unpaired) electrons. The van der Waals surface area contributed by atoms with Crippen LogP contribution in [0.5, 0.6) is 0 Å². The van der Waals surface area contributed by atoms with Crippen molar-refractivity contribution in [2.45, 2.75) is 26.4 Å². The molecule has 1 aromatic heterocycles. The summed E-state index contributed by atoms with van der Waals surface area (Å²) in [5.41, 5.74) is 2.50. The van der Waals surface area contributed by atoms with Crippen LogP contribution < -0.4 is 5.32 Å². The highest BCUT2D eigenvalue weighted by Gasteiger charge is 2.12. The van der Waals surface area contributed by atoms with E-state index >= 15 is 0 Å². The number of methoxy groups -OCH3 is 1. The summed E-state index contributed by atoms with van der Waals surface area (Å²) in [7, 11) is 1.40. The van der Waals surface area contributed by atoms with Crippen molar-refractivity contribution in [2.24, 2.45) is 0 Å². The molecular weight excluding hydrogens is 198 g/mol. The molecular formula is C10H15NO2S. The molecule has 0 aliphatic carbocycles. The maximum atomic E-state index is 11.1. The minimum absolute atomic E-state index is 0.224. The SMILES string of the molecule is COC(=O)C(C)NCc1cscc1C. The monoisotopic (exact) mass is 213 g/mol. The molecule has 1 aromatic rings. The fourth-order valence-corrected chi connectivity index (χ4v) is 1.95. The topological polar surface area (TPSA) is 38.3 Å². The summed E-state index contributed by atoms with van der Waals surface area (Å²) in [5.74, 6) is -0.224. The first-order valence-electron chi connectivity index (χ1n) is 4.48. The van der Waals surface area contributed by atoms with Gasteiger partial charge < -0.3 is 10.1 Å². The quantitative estimate of drug-likeness (QED) is 0.774. The van der Waals surface area contributed by atoms with Crippen molar-refractivity contribution in [1.29, 1.82) is 0 Å². The van der Waals surface area contributed by atoms with Crippen molar-refractivity contribution in [3.05, 3.63) is 21.9 Å². The Morgan fingerprint density at radius 3 is 2.86 bits per heavy atom. The Labute approximate surface area is 88.1 Å². The van der Waals surface area contributed by atoms with E-state index in [1.54, 1.807) is 18.3 Å². The Kier molecular flexibility index (Phi) is 4.10. The molecule has 0 bridgehead atoms. The largest absolute Gasteiger partial charge is 0.468 e. The zero-order chi connectivity index (χ0) is 10.6. The number of thiophene rings is 1. The highest BCUT2D eigenvalue weighted by Crippen LogP contribution is 2.13. The number of carbonyl (C=O) groups is 1. The van der Waals surface area contributed by atoms with Gasteiger partial charge in [-0.3, -0.25) is 4.79 Å². The van der Waals surface area contributed by atoms with Gasteiger partial charge in [0.2, 0.25) is 0 Å². The highest BCUT2D eigenvalue weighted by atomic mass is 32.1. The molecule has 1 rings (SSSR count). The average Bonchev–Trinajstić information content (AvgIpc) is 2.59. The summed E-state index contributed by atoms with van der Waals surface area (Å²) in [6, 6.07) is -0.251. The van der Waals surface area contributed by atoms with Crippen molar-refractivity contribution >= 4 is 17.3 Å². The van der Waals surface area contributed by atoms with E-state index in [4.69, 9.17) is 0 Å². The molecule has 1 heterocycles. The second kappa shape index (κ2) is 5.12. The lowest BCUT2D eigenvalue weighted by Gasteiger charge is -2.10. The van der Waals surface area contributed by atoms with E-state index in [1.165, 1.54) is 18.2 Å². The lowest BCUT2D eigenvalue weighted by molar-refractivity contribution is -0.142. The van der Waals surface area contributed by atoms with E-state index in [2.05, 4.69) is 27.7 Å². The van der Waals surface area contributed by atoms with E-state index in [9.17, 15) is 4.79 Å². The summed E-state index contributed by atoms with van der Waals surface area (Å²) >= 11 is 1.68. The summed E-state index contributed by atoms with van der Waals surface area (Å²) in [4.78, 5) is 11.1. The maximum Gasteiger partial charge on any atom is 0.322 e. The Hall–Kier alpha value is -0.870. The van der Waals surface area contributed by atoms with Crippen LogP contribution in [0, 0.1) is 6.92 Å². The van der Waals surface area contributed by atoms with Gasteiger partial charge in [0.25, 0.3) is 0 Å². The number of hydrogen-bond acceptors (Lipinski definition) is 4. The third kappa shape index (κ3) is 2.82. The number of nitrogens with one attached hydrogen (secondary N) is 1. The van der Waals surface area contributed by atoms with Crippen LogP contribution in [0.3, 0.4) is 0 Å². The molecule has 0 fully saturated rings. The molecule has 1 atom stereocenters. The van der Waals surface area contributed by atoms with E-state index in [0.717, 1.165) is 0 Å². The van der Waals surface area contributed by atoms with E-state index in [1.807, 2.05) is 0 Å². The van der Waals surface area contributed by atoms with E-state index in [0.29, 0.717) is 6.54 Å². The van der Waals surface area contributed by atoms with Crippen LogP contribution in [0.1, 0.15) is 18.1 Å². The molecule has 1 N–H and O–H groups in total. The second-order valence-corrected chi connectivity index (χ2v) is 3.95. The van der Waals surface area contributed by atoms with Crippen LogP contribution in [0.15, 0.2) is 10.8 Å². The molecule has 0 amide bonds. The number of rotatable bonds is 4. The normalized spacial score (nSPS) is 12.5. The molecule has 0 spiro atoms. The number of hydrogen-bond donors (Lipinski definition) is 1. The Morgan fingerprint density at radius 2 is 2.36 bits per heavy atom. The summed E-state index contributed by atoms with van der Waals surface area (Å²) in [6.45, 7) is 4.58. The van der Waals surface area contributed by atoms with Gasteiger partial charge in [0, 0.05) is 6.54 Å². The van der Waals surface area contributed by atoms with Crippen molar-refractivity contribution in [3.63, 3.8) is 0 Å². The van der Waals surface area contributed by atoms with Gasteiger partial charge in [-0.15, -0.1) is 0 Å². The molecule has 0 aliphatic rings. The number of esters is 1. The zero-order valence-electron chi connectivity index (χ0n) is 8.66. The van der Waals surface area contributed by atoms with Crippen LogP contribution in [0.25, 0.3) is 0 Å². The van der Waals surface area contributed by atoms with Crippen LogP contribution >= 0.6 is 11.3 Å². The molecule has 14 heavy (non-hydrogen) atoms. The van der Waals surface area contributed by atoms with Crippen molar-refractivity contribution in [2.75, 3.05) is 7.11 Å². The third-order valence-corrected chi connectivity index (χ3v) is 3.03. The maximum absolute atomic E-state index is 11.1. The second-order valence-electron chi connectivity index (χ2n) is 3.21. The van der Waals surface area contributed by atoms with Gasteiger partial charge in [0.15, 0.2) is 0 Å². The Morgan fingerprint density at radius 1 is 1.64 bits per heavy atom. The Balaban J connectivity index is 2.41. The first kappa shape index (κ1) is 11.2. The lowest BCUT2D eigenvalue weighted by Crippen LogP contribution is -2.34. The van der Waals surface area contributed by atoms with Crippen molar-refractivity contribution < 1.29 is 9.53 Å². The standard InChI is InChI=1S/C10H15NO2S/c1-7-5-14-6-9(7)4-11-8(2)10(12)13-3/h5-6,8,11H,4H2,1-3H3. The van der Waals surface area contributed by atoms with E-state index in [-0.39, 0.29) is 12.0 Å². The first-order valence-corrected chi connectivity index (χ1v) is 5.42. The van der Waals surface area contributed by atoms with Crippen LogP contribution in [-0.2, 0) is 16.1 Å². The lowest BCUT2D eigenvalue weighted by atomic mass is 10.2.